The number of allylic oxidation sites excluding steroid dienone is 1. The van der Waals surface area contributed by atoms with Crippen LogP contribution in [0.1, 0.15) is 57.1 Å². The van der Waals surface area contributed by atoms with Crippen molar-refractivity contribution in [2.75, 3.05) is 6.61 Å². The van der Waals surface area contributed by atoms with E-state index in [0.29, 0.717) is 25.0 Å². The fraction of sp³-hybridized carbons (Fsp3) is 0.310. The van der Waals surface area contributed by atoms with Gasteiger partial charge in [-0.2, -0.15) is 0 Å². The van der Waals surface area contributed by atoms with Crippen LogP contribution in [-0.2, 0) is 6.61 Å². The lowest BCUT2D eigenvalue weighted by Gasteiger charge is -2.19. The third-order valence-corrected chi connectivity index (χ3v) is 8.41. The van der Waals surface area contributed by atoms with Crippen LogP contribution < -0.4 is 9.47 Å². The van der Waals surface area contributed by atoms with E-state index >= 15 is 0 Å². The number of thiophene rings is 1. The second-order valence-electron chi connectivity index (χ2n) is 10.2. The molecule has 2 aromatic carbocycles. The molecule has 0 saturated carbocycles. The van der Waals surface area contributed by atoms with E-state index in [9.17, 15) is 0 Å². The van der Waals surface area contributed by atoms with Gasteiger partial charge < -0.3 is 14.5 Å². The quantitative estimate of drug-likeness (QED) is 0.328. The molecule has 3 aliphatic heterocycles. The summed E-state index contributed by atoms with van der Waals surface area (Å²) >= 11 is 1.79. The number of nitrogens with one attached hydrogen (secondary N) is 1. The number of fused-ring (bicyclic) bond motifs is 7. The number of hydrogen-bond donors (Lipinski definition) is 1. The lowest BCUT2D eigenvalue weighted by molar-refractivity contribution is 0.298. The molecule has 5 heterocycles. The first-order valence-electron chi connectivity index (χ1n) is 12.3. The van der Waals surface area contributed by atoms with Crippen molar-refractivity contribution < 1.29 is 9.47 Å². The molecule has 0 unspecified atom stereocenters. The van der Waals surface area contributed by atoms with Gasteiger partial charge in [-0.3, -0.25) is 4.99 Å². The maximum atomic E-state index is 6.29. The van der Waals surface area contributed by atoms with E-state index < -0.39 is 0 Å². The summed E-state index contributed by atoms with van der Waals surface area (Å²) in [7, 11) is 0. The highest BCUT2D eigenvalue weighted by molar-refractivity contribution is 7.22. The smallest absolute Gasteiger partial charge is 0.145 e. The Bertz CT molecular complexity index is 1580. The van der Waals surface area contributed by atoms with Crippen molar-refractivity contribution in [3.8, 4) is 33.2 Å². The summed E-state index contributed by atoms with van der Waals surface area (Å²) in [6.07, 6.45) is 0.933. The molecule has 5 nitrogen and oxygen atoms in total. The third kappa shape index (κ3) is 3.19. The van der Waals surface area contributed by atoms with Crippen LogP contribution >= 0.6 is 11.3 Å². The number of ether oxygens (including phenoxy) is 2. The predicted octanol–water partition coefficient (Wildman–Crippen LogP) is 7.58. The fourth-order valence-corrected chi connectivity index (χ4v) is 6.34. The summed E-state index contributed by atoms with van der Waals surface area (Å²) in [5.74, 6) is 3.73. The zero-order valence-electron chi connectivity index (χ0n) is 20.4. The molecule has 0 saturated heterocycles. The van der Waals surface area contributed by atoms with Crippen LogP contribution in [0.3, 0.4) is 0 Å². The van der Waals surface area contributed by atoms with Gasteiger partial charge in [0.2, 0.25) is 0 Å². The normalized spacial score (nSPS) is 16.1. The van der Waals surface area contributed by atoms with E-state index in [1.54, 1.807) is 11.3 Å². The number of rotatable bonds is 3. The first kappa shape index (κ1) is 20.9. The van der Waals surface area contributed by atoms with Crippen molar-refractivity contribution >= 4 is 32.7 Å². The van der Waals surface area contributed by atoms with Crippen LogP contribution in [0.2, 0.25) is 0 Å². The highest BCUT2D eigenvalue weighted by Gasteiger charge is 2.29. The maximum absolute atomic E-state index is 6.29. The number of nitrogens with zero attached hydrogens (tertiary/aromatic N) is 2. The Morgan fingerprint density at radius 3 is 2.63 bits per heavy atom. The number of hydrogen-bond acceptors (Lipinski definition) is 5. The van der Waals surface area contributed by atoms with E-state index in [4.69, 9.17) is 19.5 Å². The van der Waals surface area contributed by atoms with Crippen LogP contribution in [0.5, 0.6) is 11.5 Å². The zero-order chi connectivity index (χ0) is 23.8. The Morgan fingerprint density at radius 1 is 0.943 bits per heavy atom. The van der Waals surface area contributed by atoms with Crippen molar-refractivity contribution in [1.82, 2.24) is 9.97 Å². The molecule has 35 heavy (non-hydrogen) atoms. The molecule has 0 atom stereocenters. The molecule has 4 aromatic rings. The van der Waals surface area contributed by atoms with E-state index in [0.717, 1.165) is 52.0 Å². The van der Waals surface area contributed by atoms with Crippen LogP contribution in [0, 0.1) is 5.92 Å². The van der Waals surface area contributed by atoms with E-state index in [1.165, 1.54) is 31.8 Å². The molecule has 6 heteroatoms. The van der Waals surface area contributed by atoms with Gasteiger partial charge in [-0.05, 0) is 40.6 Å². The largest absolute Gasteiger partial charge is 0.487 e. The molecule has 7 rings (SSSR count). The highest BCUT2D eigenvalue weighted by atomic mass is 32.1. The van der Waals surface area contributed by atoms with Gasteiger partial charge in [0.05, 0.1) is 21.8 Å². The Balaban J connectivity index is 1.26. The minimum Gasteiger partial charge on any atom is -0.487 e. The molecule has 0 radical (unpaired) electrons. The number of imidazole rings is 1. The number of H-pyrrole nitrogens is 1. The topological polar surface area (TPSA) is 59.5 Å². The zero-order valence-corrected chi connectivity index (χ0v) is 21.2. The average molecular weight is 482 g/mol. The lowest BCUT2D eigenvalue weighted by Crippen LogP contribution is -2.08. The molecule has 0 bridgehead atoms. The maximum Gasteiger partial charge on any atom is 0.145 e. The Kier molecular flexibility index (Phi) is 4.52. The van der Waals surface area contributed by atoms with Gasteiger partial charge in [-0.25, -0.2) is 4.98 Å². The van der Waals surface area contributed by atoms with E-state index in [1.807, 2.05) is 0 Å². The SMILES string of the molecule is CC(C)C1=NC2=C(C1)c1ccc3cc(-c4ccc5c(c4)OCc4[nH]c(C(C)C)nc4-5)sc3c1OC2. The molecular formula is C29H27N3O2S. The lowest BCUT2D eigenvalue weighted by atomic mass is 9.94. The minimum atomic E-state index is 0.356. The number of aliphatic imine (C=N–C) groups is 1. The number of aromatic nitrogens is 2. The monoisotopic (exact) mass is 481 g/mol. The van der Waals surface area contributed by atoms with Crippen molar-refractivity contribution in [2.45, 2.75) is 46.6 Å². The number of aromatic amines is 1. The van der Waals surface area contributed by atoms with Gasteiger partial charge in [0, 0.05) is 34.1 Å². The first-order chi connectivity index (χ1) is 17.0. The van der Waals surface area contributed by atoms with Gasteiger partial charge in [-0.15, -0.1) is 11.3 Å². The van der Waals surface area contributed by atoms with Gasteiger partial charge in [0.25, 0.3) is 0 Å². The molecule has 1 N–H and O–H groups in total. The molecule has 176 valence electrons. The summed E-state index contributed by atoms with van der Waals surface area (Å²) in [4.78, 5) is 14.4. The second kappa shape index (κ2) is 7.56. The van der Waals surface area contributed by atoms with Crippen molar-refractivity contribution in [1.29, 1.82) is 0 Å². The second-order valence-corrected chi connectivity index (χ2v) is 11.3. The molecule has 0 amide bonds. The Hall–Kier alpha value is -3.38. The van der Waals surface area contributed by atoms with Gasteiger partial charge in [0.1, 0.15) is 30.5 Å². The minimum absolute atomic E-state index is 0.356. The van der Waals surface area contributed by atoms with Crippen LogP contribution in [0.15, 0.2) is 47.1 Å². The van der Waals surface area contributed by atoms with Crippen molar-refractivity contribution in [3.05, 3.63) is 59.2 Å². The van der Waals surface area contributed by atoms with Gasteiger partial charge in [-0.1, -0.05) is 45.9 Å². The number of benzene rings is 2. The average Bonchev–Trinajstić information content (AvgIpc) is 3.59. The van der Waals surface area contributed by atoms with Crippen LogP contribution in [0.4, 0.5) is 0 Å². The van der Waals surface area contributed by atoms with E-state index in [-0.39, 0.29) is 0 Å². The van der Waals surface area contributed by atoms with Crippen LogP contribution in [0.25, 0.3) is 37.4 Å². The van der Waals surface area contributed by atoms with Crippen molar-refractivity contribution in [2.24, 2.45) is 10.9 Å². The van der Waals surface area contributed by atoms with Crippen LogP contribution in [-0.4, -0.2) is 22.3 Å². The first-order valence-corrected chi connectivity index (χ1v) is 13.1. The molecular weight excluding hydrogens is 454 g/mol. The summed E-state index contributed by atoms with van der Waals surface area (Å²) in [6, 6.07) is 13.2. The predicted molar refractivity (Wildman–Crippen MR) is 143 cm³/mol. The summed E-state index contributed by atoms with van der Waals surface area (Å²) in [5, 5.41) is 1.21. The molecule has 2 aromatic heterocycles. The Morgan fingerprint density at radius 2 is 1.80 bits per heavy atom. The molecule has 0 spiro atoms. The summed E-state index contributed by atoms with van der Waals surface area (Å²) in [6.45, 7) is 9.82. The highest BCUT2D eigenvalue weighted by Crippen LogP contribution is 2.48. The van der Waals surface area contributed by atoms with Crippen molar-refractivity contribution in [3.63, 3.8) is 0 Å². The van der Waals surface area contributed by atoms with E-state index in [2.05, 4.69) is 69.1 Å². The standard InChI is InChI=1S/C29H27N3O2S/c1-14(2)21-11-20-18-7-6-17-10-25(35-28(17)27(18)34-12-22(20)30-21)16-5-8-19-24(9-16)33-13-23-26(19)32-29(31-23)15(3)4/h5-10,14-15H,11-13H2,1-4H3,(H,31,32). The fourth-order valence-electron chi connectivity index (χ4n) is 5.18. The summed E-state index contributed by atoms with van der Waals surface area (Å²) in [5.41, 5.74) is 9.19. The molecule has 3 aliphatic rings. The third-order valence-electron chi connectivity index (χ3n) is 7.21. The van der Waals surface area contributed by atoms with Gasteiger partial charge in [0.15, 0.2) is 0 Å². The summed E-state index contributed by atoms with van der Waals surface area (Å²) < 4.78 is 13.6. The Labute approximate surface area is 208 Å². The van der Waals surface area contributed by atoms with Gasteiger partial charge >= 0.3 is 0 Å². The molecule has 0 fully saturated rings. The molecule has 0 aliphatic carbocycles.